The Balaban J connectivity index is 2.38. The number of ether oxygens (including phenoxy) is 1. The molecule has 4 heteroatoms. The van der Waals surface area contributed by atoms with Crippen LogP contribution in [0.3, 0.4) is 0 Å². The maximum absolute atomic E-state index is 11.4. The Hall–Kier alpha value is -0.870. The number of hydrogen-bond acceptors (Lipinski definition) is 4. The number of Topliss-reactive ketones (excluding diaryl/α,β-unsaturated/α-hetero) is 1. The summed E-state index contributed by atoms with van der Waals surface area (Å²) in [5, 5.41) is 0. The van der Waals surface area contributed by atoms with E-state index >= 15 is 0 Å². The van der Waals surface area contributed by atoms with E-state index in [2.05, 4.69) is 0 Å². The van der Waals surface area contributed by atoms with Crippen molar-refractivity contribution in [3.05, 3.63) is 29.8 Å². The average Bonchev–Trinajstić information content (AvgIpc) is 2.37. The van der Waals surface area contributed by atoms with Crippen LogP contribution in [-0.2, 0) is 9.53 Å². The minimum absolute atomic E-state index is 0.0911. The first kappa shape index (κ1) is 15.2. The second-order valence-corrected chi connectivity index (χ2v) is 5.87. The van der Waals surface area contributed by atoms with Crippen LogP contribution in [0.4, 0.5) is 0 Å². The van der Waals surface area contributed by atoms with E-state index in [1.807, 2.05) is 45.0 Å². The third-order valence-electron chi connectivity index (χ3n) is 2.57. The molecule has 0 aromatic heterocycles. The SMILES string of the molecule is CCC(=O)C(C)COC(=S)Sc1ccc(C)cc1. The van der Waals surface area contributed by atoms with Crippen LogP contribution >= 0.6 is 24.0 Å². The molecule has 0 spiro atoms. The van der Waals surface area contributed by atoms with Gasteiger partial charge < -0.3 is 4.74 Å². The Bertz CT molecular complexity index is 412. The summed E-state index contributed by atoms with van der Waals surface area (Å²) in [5.41, 5.74) is 1.22. The maximum atomic E-state index is 11.4. The molecule has 0 N–H and O–H groups in total. The summed E-state index contributed by atoms with van der Waals surface area (Å²) in [7, 11) is 0. The average molecular weight is 282 g/mol. The highest BCUT2D eigenvalue weighted by Gasteiger charge is 2.12. The van der Waals surface area contributed by atoms with Crippen molar-refractivity contribution in [2.75, 3.05) is 6.61 Å². The number of carbonyl (C=O) groups is 1. The second-order valence-electron chi connectivity index (χ2n) is 4.20. The summed E-state index contributed by atoms with van der Waals surface area (Å²) in [4.78, 5) is 12.4. The van der Waals surface area contributed by atoms with Gasteiger partial charge in [0, 0.05) is 17.2 Å². The van der Waals surface area contributed by atoms with Crippen LogP contribution in [0.1, 0.15) is 25.8 Å². The second kappa shape index (κ2) is 7.54. The van der Waals surface area contributed by atoms with E-state index in [9.17, 15) is 4.79 Å². The minimum Gasteiger partial charge on any atom is -0.478 e. The molecule has 1 rings (SSSR count). The van der Waals surface area contributed by atoms with Gasteiger partial charge in [-0.05, 0) is 43.0 Å². The van der Waals surface area contributed by atoms with Crippen molar-refractivity contribution >= 4 is 34.1 Å². The molecule has 18 heavy (non-hydrogen) atoms. The summed E-state index contributed by atoms with van der Waals surface area (Å²) in [6.07, 6.45) is 0.544. The predicted molar refractivity (Wildman–Crippen MR) is 80.0 cm³/mol. The number of hydrogen-bond donors (Lipinski definition) is 0. The number of carbonyl (C=O) groups excluding carboxylic acids is 1. The van der Waals surface area contributed by atoms with E-state index in [-0.39, 0.29) is 11.7 Å². The molecule has 2 nitrogen and oxygen atoms in total. The molecule has 0 bridgehead atoms. The number of ketones is 1. The van der Waals surface area contributed by atoms with E-state index in [4.69, 9.17) is 17.0 Å². The highest BCUT2D eigenvalue weighted by Crippen LogP contribution is 2.21. The molecule has 0 saturated heterocycles. The zero-order valence-corrected chi connectivity index (χ0v) is 12.6. The lowest BCUT2D eigenvalue weighted by Gasteiger charge is -2.11. The smallest absolute Gasteiger partial charge is 0.224 e. The van der Waals surface area contributed by atoms with Crippen LogP contribution in [0.15, 0.2) is 29.2 Å². The Morgan fingerprint density at radius 2 is 2.00 bits per heavy atom. The van der Waals surface area contributed by atoms with Crippen molar-refractivity contribution < 1.29 is 9.53 Å². The zero-order chi connectivity index (χ0) is 13.5. The predicted octanol–water partition coefficient (Wildman–Crippen LogP) is 4.00. The fourth-order valence-corrected chi connectivity index (χ4v) is 2.31. The van der Waals surface area contributed by atoms with E-state index in [0.29, 0.717) is 17.4 Å². The van der Waals surface area contributed by atoms with Crippen LogP contribution < -0.4 is 0 Å². The molecule has 1 aromatic rings. The van der Waals surface area contributed by atoms with Crippen molar-refractivity contribution in [2.24, 2.45) is 5.92 Å². The molecule has 0 fully saturated rings. The zero-order valence-electron chi connectivity index (χ0n) is 10.9. The molecule has 1 atom stereocenters. The number of thiocarbonyl (C=S) groups is 1. The molecule has 0 aliphatic carbocycles. The lowest BCUT2D eigenvalue weighted by Crippen LogP contribution is -2.17. The Morgan fingerprint density at radius 3 is 2.56 bits per heavy atom. The van der Waals surface area contributed by atoms with Crippen LogP contribution in [0, 0.1) is 12.8 Å². The standard InChI is InChI=1S/C14H18O2S2/c1-4-13(15)11(3)9-16-14(17)18-12-7-5-10(2)6-8-12/h5-8,11H,4,9H2,1-3H3. The molecule has 98 valence electrons. The summed E-state index contributed by atoms with van der Waals surface area (Å²) >= 11 is 6.55. The van der Waals surface area contributed by atoms with Gasteiger partial charge in [-0.15, -0.1) is 0 Å². The van der Waals surface area contributed by atoms with E-state index < -0.39 is 0 Å². The Labute approximate surface area is 118 Å². The Morgan fingerprint density at radius 1 is 1.39 bits per heavy atom. The molecule has 1 unspecified atom stereocenters. The van der Waals surface area contributed by atoms with E-state index in [1.54, 1.807) is 0 Å². The van der Waals surface area contributed by atoms with Gasteiger partial charge in [-0.2, -0.15) is 0 Å². The van der Waals surface area contributed by atoms with Gasteiger partial charge in [0.1, 0.15) is 5.78 Å². The lowest BCUT2D eigenvalue weighted by molar-refractivity contribution is -0.122. The van der Waals surface area contributed by atoms with Crippen LogP contribution in [0.25, 0.3) is 0 Å². The van der Waals surface area contributed by atoms with Gasteiger partial charge >= 0.3 is 0 Å². The summed E-state index contributed by atoms with van der Waals surface area (Å²) in [6.45, 7) is 6.13. The highest BCUT2D eigenvalue weighted by molar-refractivity contribution is 8.22. The van der Waals surface area contributed by atoms with Crippen molar-refractivity contribution in [2.45, 2.75) is 32.1 Å². The topological polar surface area (TPSA) is 26.3 Å². The maximum Gasteiger partial charge on any atom is 0.224 e. The molecular weight excluding hydrogens is 264 g/mol. The van der Waals surface area contributed by atoms with Crippen molar-refractivity contribution in [1.29, 1.82) is 0 Å². The summed E-state index contributed by atoms with van der Waals surface area (Å²) < 4.78 is 5.90. The first-order chi connectivity index (χ1) is 8.52. The normalized spacial score (nSPS) is 11.9. The number of aryl methyl sites for hydroxylation is 1. The lowest BCUT2D eigenvalue weighted by atomic mass is 10.1. The fraction of sp³-hybridized carbons (Fsp3) is 0.429. The summed E-state index contributed by atoms with van der Waals surface area (Å²) in [5.74, 6) is 0.115. The van der Waals surface area contributed by atoms with E-state index in [0.717, 1.165) is 4.90 Å². The van der Waals surface area contributed by atoms with Gasteiger partial charge in [0.25, 0.3) is 0 Å². The first-order valence-electron chi connectivity index (χ1n) is 5.97. The Kier molecular flexibility index (Phi) is 6.36. The molecule has 0 heterocycles. The van der Waals surface area contributed by atoms with Crippen LogP contribution in [0.5, 0.6) is 0 Å². The van der Waals surface area contributed by atoms with Gasteiger partial charge in [-0.25, -0.2) is 0 Å². The van der Waals surface area contributed by atoms with Crippen LogP contribution in [0.2, 0.25) is 0 Å². The van der Waals surface area contributed by atoms with Crippen molar-refractivity contribution in [3.8, 4) is 0 Å². The highest BCUT2D eigenvalue weighted by atomic mass is 32.2. The van der Waals surface area contributed by atoms with Gasteiger partial charge in [0.15, 0.2) is 0 Å². The first-order valence-corrected chi connectivity index (χ1v) is 7.19. The van der Waals surface area contributed by atoms with E-state index in [1.165, 1.54) is 17.3 Å². The van der Waals surface area contributed by atoms with Gasteiger partial charge in [0.05, 0.1) is 6.61 Å². The monoisotopic (exact) mass is 282 g/mol. The largest absolute Gasteiger partial charge is 0.478 e. The van der Waals surface area contributed by atoms with Gasteiger partial charge in [0.2, 0.25) is 4.38 Å². The van der Waals surface area contributed by atoms with Crippen LogP contribution in [-0.4, -0.2) is 16.8 Å². The van der Waals surface area contributed by atoms with Crippen molar-refractivity contribution in [3.63, 3.8) is 0 Å². The third-order valence-corrected chi connectivity index (χ3v) is 3.73. The molecule has 0 saturated carbocycles. The third kappa shape index (κ3) is 5.19. The minimum atomic E-state index is -0.0911. The fourth-order valence-electron chi connectivity index (χ4n) is 1.37. The summed E-state index contributed by atoms with van der Waals surface area (Å²) in [6, 6.07) is 8.09. The molecule has 0 amide bonds. The molecule has 0 aliphatic rings. The van der Waals surface area contributed by atoms with Gasteiger partial charge in [-0.3, -0.25) is 4.79 Å². The number of thioether (sulfide) groups is 1. The molecule has 0 radical (unpaired) electrons. The molecule has 0 aliphatic heterocycles. The number of benzene rings is 1. The molecular formula is C14H18O2S2. The van der Waals surface area contributed by atoms with Crippen molar-refractivity contribution in [1.82, 2.24) is 0 Å². The van der Waals surface area contributed by atoms with Gasteiger partial charge in [-0.1, -0.05) is 31.5 Å². The number of rotatable bonds is 5. The quantitative estimate of drug-likeness (QED) is 0.602. The molecule has 1 aromatic carbocycles.